The molecule has 56 valence electrons. The summed E-state index contributed by atoms with van der Waals surface area (Å²) in [5.41, 5.74) is 0. The average Bonchev–Trinajstić information content (AvgIpc) is 2.10. The zero-order chi connectivity index (χ0) is 7.72. The lowest BCUT2D eigenvalue weighted by atomic mass is 10.5. The molecule has 1 rings (SSSR count). The maximum Gasteiger partial charge on any atom is 0.245 e. The van der Waals surface area contributed by atoms with Crippen molar-refractivity contribution in [3.8, 4) is 0 Å². The summed E-state index contributed by atoms with van der Waals surface area (Å²) in [6.07, 6.45) is -0.688. The van der Waals surface area contributed by atoms with Crippen molar-refractivity contribution in [1.82, 2.24) is 10.2 Å². The van der Waals surface area contributed by atoms with Crippen molar-refractivity contribution in [3.05, 3.63) is 0 Å². The summed E-state index contributed by atoms with van der Waals surface area (Å²) in [6.45, 7) is 1.73. The van der Waals surface area contributed by atoms with E-state index in [9.17, 15) is 4.79 Å². The lowest BCUT2D eigenvalue weighted by Gasteiger charge is -2.17. The summed E-state index contributed by atoms with van der Waals surface area (Å²) in [5.74, 6) is -0.161. The summed E-state index contributed by atoms with van der Waals surface area (Å²) < 4.78 is 0. The summed E-state index contributed by atoms with van der Waals surface area (Å²) in [4.78, 5) is 12.0. The van der Waals surface area contributed by atoms with E-state index in [0.29, 0.717) is 5.11 Å². The van der Waals surface area contributed by atoms with Gasteiger partial charge in [0.1, 0.15) is 12.8 Å². The Bertz CT molecular complexity index is 180. The van der Waals surface area contributed by atoms with Crippen molar-refractivity contribution in [1.29, 1.82) is 0 Å². The van der Waals surface area contributed by atoms with Gasteiger partial charge in [0.15, 0.2) is 5.11 Å². The van der Waals surface area contributed by atoms with E-state index < -0.39 is 6.23 Å². The van der Waals surface area contributed by atoms with E-state index in [1.807, 2.05) is 0 Å². The van der Waals surface area contributed by atoms with Gasteiger partial charge >= 0.3 is 0 Å². The number of carbonyl (C=O) groups excluding carboxylic acids is 1. The van der Waals surface area contributed by atoms with Crippen molar-refractivity contribution >= 4 is 23.2 Å². The molecule has 1 heterocycles. The summed E-state index contributed by atoms with van der Waals surface area (Å²) in [7, 11) is 0. The molecule has 0 aromatic heterocycles. The highest BCUT2D eigenvalue weighted by atomic mass is 32.1. The van der Waals surface area contributed by atoms with E-state index in [1.165, 1.54) is 4.90 Å². The fourth-order valence-corrected chi connectivity index (χ4v) is 1.09. The first kappa shape index (κ1) is 7.43. The zero-order valence-electron chi connectivity index (χ0n) is 5.50. The monoisotopic (exact) mass is 160 g/mol. The van der Waals surface area contributed by atoms with Gasteiger partial charge in [0.05, 0.1) is 0 Å². The van der Waals surface area contributed by atoms with Crippen LogP contribution in [0.4, 0.5) is 0 Å². The molecule has 0 radical (unpaired) electrons. The van der Waals surface area contributed by atoms with Crippen LogP contribution in [-0.4, -0.2) is 33.8 Å². The number of amides is 1. The minimum atomic E-state index is -0.688. The molecule has 0 saturated carbocycles. The highest BCUT2D eigenvalue weighted by Gasteiger charge is 2.25. The third-order valence-electron chi connectivity index (χ3n) is 1.27. The number of hydrogen-bond donors (Lipinski definition) is 2. The second-order valence-corrected chi connectivity index (χ2v) is 2.50. The van der Waals surface area contributed by atoms with Crippen molar-refractivity contribution in [2.75, 3.05) is 6.54 Å². The third kappa shape index (κ3) is 1.25. The first-order chi connectivity index (χ1) is 4.61. The highest BCUT2D eigenvalue weighted by Crippen LogP contribution is 2.01. The van der Waals surface area contributed by atoms with Gasteiger partial charge in [0.25, 0.3) is 0 Å². The predicted octanol–water partition coefficient (Wildman–Crippen LogP) is -0.959. The van der Waals surface area contributed by atoms with Gasteiger partial charge in [0.2, 0.25) is 5.91 Å². The molecule has 0 spiro atoms. The molecular formula is C5H8N2O2S. The molecule has 0 aliphatic carbocycles. The van der Waals surface area contributed by atoms with Crippen LogP contribution in [0.3, 0.4) is 0 Å². The van der Waals surface area contributed by atoms with Crippen LogP contribution in [0, 0.1) is 0 Å². The lowest BCUT2D eigenvalue weighted by molar-refractivity contribution is -0.119. The first-order valence-corrected chi connectivity index (χ1v) is 3.30. The SMILES string of the molecule is CC(O)N1CC(=O)NC1=S. The number of aliphatic hydroxyl groups excluding tert-OH is 1. The first-order valence-electron chi connectivity index (χ1n) is 2.90. The summed E-state index contributed by atoms with van der Waals surface area (Å²) in [6, 6.07) is 0. The third-order valence-corrected chi connectivity index (χ3v) is 1.61. The molecule has 4 nitrogen and oxygen atoms in total. The van der Waals surface area contributed by atoms with Gasteiger partial charge < -0.3 is 15.3 Å². The number of aliphatic hydroxyl groups is 1. The Hall–Kier alpha value is -0.680. The predicted molar refractivity (Wildman–Crippen MR) is 39.1 cm³/mol. The Balaban J connectivity index is 2.63. The molecule has 2 N–H and O–H groups in total. The van der Waals surface area contributed by atoms with Gasteiger partial charge in [-0.05, 0) is 19.1 Å². The smallest absolute Gasteiger partial charge is 0.245 e. The second kappa shape index (κ2) is 2.51. The Kier molecular flexibility index (Phi) is 1.87. The number of nitrogens with one attached hydrogen (secondary N) is 1. The Morgan fingerprint density at radius 2 is 2.50 bits per heavy atom. The lowest BCUT2D eigenvalue weighted by Crippen LogP contribution is -2.35. The van der Waals surface area contributed by atoms with Gasteiger partial charge in [0, 0.05) is 0 Å². The van der Waals surface area contributed by atoms with Crippen molar-refractivity contribution in [2.45, 2.75) is 13.2 Å². The number of rotatable bonds is 1. The van der Waals surface area contributed by atoms with E-state index in [2.05, 4.69) is 5.32 Å². The van der Waals surface area contributed by atoms with Crippen molar-refractivity contribution in [2.24, 2.45) is 0 Å². The van der Waals surface area contributed by atoms with E-state index in [0.717, 1.165) is 0 Å². The van der Waals surface area contributed by atoms with Crippen LogP contribution >= 0.6 is 12.2 Å². The second-order valence-electron chi connectivity index (χ2n) is 2.11. The van der Waals surface area contributed by atoms with Crippen LogP contribution in [0.2, 0.25) is 0 Å². The maximum absolute atomic E-state index is 10.6. The molecule has 0 aromatic rings. The van der Waals surface area contributed by atoms with E-state index in [1.54, 1.807) is 6.92 Å². The number of hydrogen-bond acceptors (Lipinski definition) is 3. The van der Waals surface area contributed by atoms with Crippen LogP contribution in [0.15, 0.2) is 0 Å². The largest absolute Gasteiger partial charge is 0.374 e. The molecule has 0 bridgehead atoms. The quantitative estimate of drug-likeness (QED) is 0.485. The van der Waals surface area contributed by atoms with E-state index >= 15 is 0 Å². The van der Waals surface area contributed by atoms with Crippen LogP contribution in [-0.2, 0) is 4.79 Å². The molecule has 1 saturated heterocycles. The molecule has 0 aromatic carbocycles. The average molecular weight is 160 g/mol. The van der Waals surface area contributed by atoms with Gasteiger partial charge in [-0.2, -0.15) is 0 Å². The fourth-order valence-electron chi connectivity index (χ4n) is 0.759. The molecule has 1 atom stereocenters. The van der Waals surface area contributed by atoms with Crippen LogP contribution < -0.4 is 5.32 Å². The van der Waals surface area contributed by atoms with Gasteiger partial charge in [-0.25, -0.2) is 0 Å². The highest BCUT2D eigenvalue weighted by molar-refractivity contribution is 7.80. The number of nitrogens with zero attached hydrogens (tertiary/aromatic N) is 1. The molecule has 1 aliphatic rings. The maximum atomic E-state index is 10.6. The van der Waals surface area contributed by atoms with Crippen molar-refractivity contribution < 1.29 is 9.90 Å². The van der Waals surface area contributed by atoms with Gasteiger partial charge in [-0.15, -0.1) is 0 Å². The minimum Gasteiger partial charge on any atom is -0.374 e. The molecule has 1 fully saturated rings. The summed E-state index contributed by atoms with van der Waals surface area (Å²) >= 11 is 4.73. The van der Waals surface area contributed by atoms with Gasteiger partial charge in [-0.3, -0.25) is 4.79 Å². The molecule has 1 aliphatic heterocycles. The Morgan fingerprint density at radius 1 is 1.90 bits per heavy atom. The Labute approximate surface area is 63.8 Å². The molecule has 1 unspecified atom stereocenters. The van der Waals surface area contributed by atoms with Gasteiger partial charge in [-0.1, -0.05) is 0 Å². The fraction of sp³-hybridized carbons (Fsp3) is 0.600. The van der Waals surface area contributed by atoms with E-state index in [4.69, 9.17) is 17.3 Å². The van der Waals surface area contributed by atoms with Crippen molar-refractivity contribution in [3.63, 3.8) is 0 Å². The number of carbonyl (C=O) groups is 1. The molecule has 1 amide bonds. The Morgan fingerprint density at radius 3 is 2.70 bits per heavy atom. The standard InChI is InChI=1S/C5H8N2O2S/c1-3(8)7-2-4(9)6-5(7)10/h3,8H,2H2,1H3,(H,6,9,10). The van der Waals surface area contributed by atoms with Crippen LogP contribution in [0.5, 0.6) is 0 Å². The minimum absolute atomic E-state index is 0.161. The van der Waals surface area contributed by atoms with E-state index in [-0.39, 0.29) is 12.5 Å². The number of thiocarbonyl (C=S) groups is 1. The topological polar surface area (TPSA) is 52.6 Å². The molecular weight excluding hydrogens is 152 g/mol. The zero-order valence-corrected chi connectivity index (χ0v) is 6.31. The van der Waals surface area contributed by atoms with Crippen LogP contribution in [0.1, 0.15) is 6.92 Å². The normalized spacial score (nSPS) is 21.2. The molecule has 10 heavy (non-hydrogen) atoms. The van der Waals surface area contributed by atoms with Crippen LogP contribution in [0.25, 0.3) is 0 Å². The molecule has 5 heteroatoms. The summed E-state index contributed by atoms with van der Waals surface area (Å²) in [5, 5.41) is 11.7.